The lowest BCUT2D eigenvalue weighted by Gasteiger charge is -2.36. The van der Waals surface area contributed by atoms with Crippen molar-refractivity contribution in [2.75, 3.05) is 18.1 Å². The van der Waals surface area contributed by atoms with Crippen molar-refractivity contribution in [2.45, 2.75) is 64.1 Å². The summed E-state index contributed by atoms with van der Waals surface area (Å²) in [6.07, 6.45) is 6.06. The van der Waals surface area contributed by atoms with Gasteiger partial charge in [0.05, 0.1) is 12.3 Å². The number of aryl methyl sites for hydroxylation is 2. The molecule has 0 saturated heterocycles. The van der Waals surface area contributed by atoms with Crippen molar-refractivity contribution in [2.24, 2.45) is 7.05 Å². The van der Waals surface area contributed by atoms with E-state index in [1.54, 1.807) is 41.1 Å². The van der Waals surface area contributed by atoms with E-state index >= 15 is 0 Å². The van der Waals surface area contributed by atoms with E-state index in [9.17, 15) is 9.59 Å². The highest BCUT2D eigenvalue weighted by Gasteiger charge is 2.41. The summed E-state index contributed by atoms with van der Waals surface area (Å²) in [4.78, 5) is 30.0. The molecule has 2 aromatic carbocycles. The number of anilines is 1. The van der Waals surface area contributed by atoms with Crippen LogP contribution in [0, 0.1) is 6.92 Å². The van der Waals surface area contributed by atoms with Crippen molar-refractivity contribution in [3.63, 3.8) is 0 Å². The van der Waals surface area contributed by atoms with Crippen LogP contribution in [-0.4, -0.2) is 47.0 Å². The third-order valence-electron chi connectivity index (χ3n) is 7.25. The highest BCUT2D eigenvalue weighted by atomic mass is 16.6. The summed E-state index contributed by atoms with van der Waals surface area (Å²) in [5, 5.41) is 7.74. The Bertz CT molecular complexity index is 1300. The Morgan fingerprint density at radius 1 is 1.10 bits per heavy atom. The van der Waals surface area contributed by atoms with Gasteiger partial charge in [0.25, 0.3) is 5.91 Å². The van der Waals surface area contributed by atoms with Gasteiger partial charge in [-0.15, -0.1) is 0 Å². The maximum absolute atomic E-state index is 14.3. The van der Waals surface area contributed by atoms with Gasteiger partial charge in [-0.05, 0) is 63.1 Å². The quantitative estimate of drug-likeness (QED) is 0.459. The van der Waals surface area contributed by atoms with Crippen LogP contribution in [0.3, 0.4) is 0 Å². The van der Waals surface area contributed by atoms with Crippen molar-refractivity contribution in [1.82, 2.24) is 15.1 Å². The molecule has 1 aliphatic carbocycles. The summed E-state index contributed by atoms with van der Waals surface area (Å²) >= 11 is 0. The molecular formula is C30H36N4O5. The van der Waals surface area contributed by atoms with Crippen LogP contribution >= 0.6 is 0 Å². The van der Waals surface area contributed by atoms with Gasteiger partial charge in [0.15, 0.2) is 11.5 Å². The van der Waals surface area contributed by atoms with Crippen LogP contribution in [0.5, 0.6) is 17.2 Å². The monoisotopic (exact) mass is 532 g/mol. The highest BCUT2D eigenvalue weighted by Crippen LogP contribution is 2.35. The fraction of sp³-hybridized carbons (Fsp3) is 0.433. The van der Waals surface area contributed by atoms with Gasteiger partial charge < -0.3 is 19.5 Å². The minimum Gasteiger partial charge on any atom is -0.494 e. The fourth-order valence-corrected chi connectivity index (χ4v) is 5.38. The number of nitrogens with one attached hydrogen (secondary N) is 1. The summed E-state index contributed by atoms with van der Waals surface area (Å²) in [5.41, 5.74) is 1.89. The summed E-state index contributed by atoms with van der Waals surface area (Å²) in [7, 11) is 1.81. The molecule has 0 unspecified atom stereocenters. The molecule has 2 aliphatic rings. The number of hydrogen-bond acceptors (Lipinski definition) is 6. The average molecular weight is 533 g/mol. The zero-order chi connectivity index (χ0) is 27.4. The number of carbonyl (C=O) groups is 2. The van der Waals surface area contributed by atoms with Crippen molar-refractivity contribution < 1.29 is 23.8 Å². The lowest BCUT2D eigenvalue weighted by Crippen LogP contribution is -2.52. The Hall–Kier alpha value is -4.01. The van der Waals surface area contributed by atoms with Crippen molar-refractivity contribution in [1.29, 1.82) is 0 Å². The lowest BCUT2D eigenvalue weighted by atomic mass is 9.94. The summed E-state index contributed by atoms with van der Waals surface area (Å²) in [5.74, 6) is 1.15. The molecule has 9 heteroatoms. The number of benzene rings is 2. The van der Waals surface area contributed by atoms with Gasteiger partial charge in [-0.2, -0.15) is 5.10 Å². The smallest absolute Gasteiger partial charge is 0.272 e. The van der Waals surface area contributed by atoms with Gasteiger partial charge in [-0.25, -0.2) is 0 Å². The first-order valence-electron chi connectivity index (χ1n) is 13.7. The molecule has 5 rings (SSSR count). The van der Waals surface area contributed by atoms with Crippen LogP contribution < -0.4 is 24.4 Å². The molecule has 206 valence electrons. The van der Waals surface area contributed by atoms with E-state index in [-0.39, 0.29) is 24.5 Å². The molecule has 0 bridgehead atoms. The minimum absolute atomic E-state index is 0.0341. The van der Waals surface area contributed by atoms with Gasteiger partial charge in [0, 0.05) is 30.5 Å². The van der Waals surface area contributed by atoms with Crippen LogP contribution in [0.15, 0.2) is 54.7 Å². The van der Waals surface area contributed by atoms with E-state index < -0.39 is 12.1 Å². The highest BCUT2D eigenvalue weighted by molar-refractivity contribution is 6.03. The van der Waals surface area contributed by atoms with Crippen LogP contribution in [0.1, 0.15) is 56.3 Å². The summed E-state index contributed by atoms with van der Waals surface area (Å²) < 4.78 is 19.3. The SMILES string of the molecule is CCOc1ccc(N(C(=O)[C@@H]2COc3ccccc3O2)[C@@H](C(=O)NC2CCCCC2)c2cn(C)nc2C)cc1. The summed E-state index contributed by atoms with van der Waals surface area (Å²) in [6, 6.07) is 13.6. The molecule has 1 saturated carbocycles. The molecule has 9 nitrogen and oxygen atoms in total. The van der Waals surface area contributed by atoms with Crippen molar-refractivity contribution in [3.8, 4) is 17.2 Å². The Kier molecular flexibility index (Phi) is 8.05. The molecule has 1 N–H and O–H groups in total. The molecule has 3 aromatic rings. The standard InChI is InChI=1S/C30H36N4O5/c1-4-37-23-16-14-22(15-17-23)34(30(36)27-19-38-25-12-8-9-13-26(25)39-27)28(24-18-33(3)32-20(24)2)29(35)31-21-10-6-5-7-11-21/h8-9,12-18,21,27-28H,4-7,10-11,19H2,1-3H3,(H,31,35)/t27-,28+/m0/s1. The van der Waals surface area contributed by atoms with Gasteiger partial charge >= 0.3 is 0 Å². The third kappa shape index (κ3) is 5.87. The van der Waals surface area contributed by atoms with Crippen molar-refractivity contribution in [3.05, 3.63) is 66.0 Å². The zero-order valence-electron chi connectivity index (χ0n) is 22.8. The van der Waals surface area contributed by atoms with Gasteiger partial charge in [-0.3, -0.25) is 19.2 Å². The number of aromatic nitrogens is 2. The first-order valence-corrected chi connectivity index (χ1v) is 13.7. The molecule has 39 heavy (non-hydrogen) atoms. The van der Waals surface area contributed by atoms with E-state index in [2.05, 4.69) is 10.4 Å². The molecular weight excluding hydrogens is 496 g/mol. The number of carbonyl (C=O) groups excluding carboxylic acids is 2. The largest absolute Gasteiger partial charge is 0.494 e. The predicted molar refractivity (Wildman–Crippen MR) is 147 cm³/mol. The lowest BCUT2D eigenvalue weighted by molar-refractivity contribution is -0.132. The van der Waals surface area contributed by atoms with Crippen LogP contribution in [-0.2, 0) is 16.6 Å². The Balaban J connectivity index is 1.55. The number of hydrogen-bond donors (Lipinski definition) is 1. The molecule has 2 atom stereocenters. The van der Waals surface area contributed by atoms with E-state index in [1.165, 1.54) is 11.3 Å². The first-order chi connectivity index (χ1) is 18.9. The second-order valence-electron chi connectivity index (χ2n) is 10.1. The van der Waals surface area contributed by atoms with Crippen LogP contribution in [0.4, 0.5) is 5.69 Å². The molecule has 1 aromatic heterocycles. The fourth-order valence-electron chi connectivity index (χ4n) is 5.38. The molecule has 2 heterocycles. The molecule has 0 spiro atoms. The van der Waals surface area contributed by atoms with E-state index in [0.717, 1.165) is 25.7 Å². The number of rotatable bonds is 8. The van der Waals surface area contributed by atoms with Gasteiger partial charge in [0.1, 0.15) is 18.4 Å². The Labute approximate surface area is 229 Å². The van der Waals surface area contributed by atoms with Crippen LogP contribution in [0.2, 0.25) is 0 Å². The average Bonchev–Trinajstić information content (AvgIpc) is 3.29. The van der Waals surface area contributed by atoms with Gasteiger partial charge in [0.2, 0.25) is 12.0 Å². The minimum atomic E-state index is -0.952. The number of fused-ring (bicyclic) bond motifs is 1. The molecule has 2 amide bonds. The third-order valence-corrected chi connectivity index (χ3v) is 7.25. The Morgan fingerprint density at radius 2 is 1.82 bits per heavy atom. The van der Waals surface area contributed by atoms with Crippen LogP contribution in [0.25, 0.3) is 0 Å². The number of amides is 2. The second-order valence-corrected chi connectivity index (χ2v) is 10.1. The topological polar surface area (TPSA) is 94.9 Å². The van der Waals surface area contributed by atoms with E-state index in [0.29, 0.717) is 40.8 Å². The first kappa shape index (κ1) is 26.6. The number of nitrogens with zero attached hydrogens (tertiary/aromatic N) is 3. The van der Waals surface area contributed by atoms with E-state index in [1.807, 2.05) is 39.2 Å². The Morgan fingerprint density at radius 3 is 2.49 bits per heavy atom. The predicted octanol–water partition coefficient (Wildman–Crippen LogP) is 4.49. The zero-order valence-corrected chi connectivity index (χ0v) is 22.8. The van der Waals surface area contributed by atoms with E-state index in [4.69, 9.17) is 14.2 Å². The number of ether oxygens (including phenoxy) is 3. The normalized spacial score (nSPS) is 17.8. The maximum atomic E-state index is 14.3. The maximum Gasteiger partial charge on any atom is 0.272 e. The molecule has 0 radical (unpaired) electrons. The molecule has 1 fully saturated rings. The van der Waals surface area contributed by atoms with Crippen molar-refractivity contribution >= 4 is 17.5 Å². The summed E-state index contributed by atoms with van der Waals surface area (Å²) in [6.45, 7) is 4.33. The number of para-hydroxylation sites is 2. The molecule has 1 aliphatic heterocycles. The second kappa shape index (κ2) is 11.8. The van der Waals surface area contributed by atoms with Gasteiger partial charge in [-0.1, -0.05) is 31.4 Å².